The minimum atomic E-state index is -0.995. The molecule has 2 aromatic rings. The van der Waals surface area contributed by atoms with E-state index in [1.165, 1.54) is 16.8 Å². The summed E-state index contributed by atoms with van der Waals surface area (Å²) in [5, 5.41) is 29.5. The van der Waals surface area contributed by atoms with Crippen LogP contribution in [0.15, 0.2) is 24.3 Å². The molecule has 0 fully saturated rings. The van der Waals surface area contributed by atoms with Crippen molar-refractivity contribution in [3.8, 4) is 5.75 Å². The van der Waals surface area contributed by atoms with Gasteiger partial charge in [0.25, 0.3) is 0 Å². The molecule has 0 aliphatic heterocycles. The smallest absolute Gasteiger partial charge is 0.335 e. The minimum Gasteiger partial charge on any atom is -0.491 e. The Bertz CT molecular complexity index is 581. The Morgan fingerprint density at radius 3 is 2.65 bits per heavy atom. The molecule has 0 aliphatic carbocycles. The third-order valence-electron chi connectivity index (χ3n) is 2.64. The molecule has 1 atom stereocenters. The summed E-state index contributed by atoms with van der Waals surface area (Å²) >= 11 is 0. The van der Waals surface area contributed by atoms with E-state index >= 15 is 0 Å². The first-order valence-electron chi connectivity index (χ1n) is 5.93. The van der Waals surface area contributed by atoms with Crippen LogP contribution in [0.2, 0.25) is 0 Å². The highest BCUT2D eigenvalue weighted by atomic mass is 16.5. The fourth-order valence-corrected chi connectivity index (χ4v) is 1.56. The molecule has 8 nitrogen and oxygen atoms in total. The molecule has 0 aliphatic rings. The SMILES string of the molecule is Cc1nnnn1CC(O)COc1ccc(C(=O)O)cc1. The lowest BCUT2D eigenvalue weighted by molar-refractivity contribution is 0.0696. The molecule has 1 unspecified atom stereocenters. The number of aryl methyl sites for hydroxylation is 1. The van der Waals surface area contributed by atoms with E-state index in [0.717, 1.165) is 0 Å². The van der Waals surface area contributed by atoms with Gasteiger partial charge in [0.2, 0.25) is 0 Å². The highest BCUT2D eigenvalue weighted by molar-refractivity contribution is 5.87. The molecule has 1 aromatic heterocycles. The van der Waals surface area contributed by atoms with Gasteiger partial charge in [-0.05, 0) is 41.6 Å². The van der Waals surface area contributed by atoms with Gasteiger partial charge < -0.3 is 14.9 Å². The van der Waals surface area contributed by atoms with E-state index in [1.807, 2.05) is 0 Å². The Kier molecular flexibility index (Phi) is 4.26. The molecule has 0 amide bonds. The third-order valence-corrected chi connectivity index (χ3v) is 2.64. The molecule has 8 heteroatoms. The quantitative estimate of drug-likeness (QED) is 0.772. The number of aromatic carboxylic acids is 1. The lowest BCUT2D eigenvalue weighted by Crippen LogP contribution is -2.24. The van der Waals surface area contributed by atoms with E-state index in [2.05, 4.69) is 15.5 Å². The number of rotatable bonds is 6. The zero-order valence-corrected chi connectivity index (χ0v) is 10.8. The second kappa shape index (κ2) is 6.11. The second-order valence-electron chi connectivity index (χ2n) is 4.20. The molecule has 0 radical (unpaired) electrons. The van der Waals surface area contributed by atoms with Crippen LogP contribution in [0.25, 0.3) is 0 Å². The fourth-order valence-electron chi connectivity index (χ4n) is 1.56. The second-order valence-corrected chi connectivity index (χ2v) is 4.20. The largest absolute Gasteiger partial charge is 0.491 e. The maximum Gasteiger partial charge on any atom is 0.335 e. The summed E-state index contributed by atoms with van der Waals surface area (Å²) in [5.41, 5.74) is 0.183. The maximum atomic E-state index is 10.7. The summed E-state index contributed by atoms with van der Waals surface area (Å²) in [6.07, 6.45) is -0.767. The summed E-state index contributed by atoms with van der Waals surface area (Å²) in [6.45, 7) is 2.02. The Morgan fingerprint density at radius 2 is 2.10 bits per heavy atom. The van der Waals surface area contributed by atoms with Crippen molar-refractivity contribution < 1.29 is 19.7 Å². The number of carbonyl (C=O) groups is 1. The summed E-state index contributed by atoms with van der Waals surface area (Å²) in [7, 11) is 0. The molecule has 2 rings (SSSR count). The number of aromatic nitrogens is 4. The van der Waals surface area contributed by atoms with Crippen LogP contribution in [-0.4, -0.2) is 49.1 Å². The Morgan fingerprint density at radius 1 is 1.40 bits per heavy atom. The van der Waals surface area contributed by atoms with Gasteiger partial charge in [-0.2, -0.15) is 0 Å². The van der Waals surface area contributed by atoms with Crippen molar-refractivity contribution in [2.24, 2.45) is 0 Å². The van der Waals surface area contributed by atoms with E-state index < -0.39 is 12.1 Å². The molecule has 0 saturated carbocycles. The molecular formula is C12H14N4O4. The molecule has 1 heterocycles. The summed E-state index contributed by atoms with van der Waals surface area (Å²) < 4.78 is 6.84. The van der Waals surface area contributed by atoms with Gasteiger partial charge in [0.15, 0.2) is 0 Å². The van der Waals surface area contributed by atoms with Gasteiger partial charge >= 0.3 is 5.97 Å². The molecule has 2 N–H and O–H groups in total. The summed E-state index contributed by atoms with van der Waals surface area (Å²) in [6, 6.07) is 5.96. The Balaban J connectivity index is 1.85. The highest BCUT2D eigenvalue weighted by Crippen LogP contribution is 2.12. The van der Waals surface area contributed by atoms with Gasteiger partial charge in [0.1, 0.15) is 24.3 Å². The predicted molar refractivity (Wildman–Crippen MR) is 67.5 cm³/mol. The van der Waals surface area contributed by atoms with Crippen LogP contribution < -0.4 is 4.74 Å². The van der Waals surface area contributed by atoms with E-state index in [-0.39, 0.29) is 18.7 Å². The number of hydrogen-bond donors (Lipinski definition) is 2. The standard InChI is InChI=1S/C12H14N4O4/c1-8-13-14-15-16(8)6-10(17)7-20-11-4-2-9(3-5-11)12(18)19/h2-5,10,17H,6-7H2,1H3,(H,18,19). The molecule has 0 bridgehead atoms. The van der Waals surface area contributed by atoms with Crippen molar-refractivity contribution in [2.75, 3.05) is 6.61 Å². The van der Waals surface area contributed by atoms with Gasteiger partial charge in [-0.15, -0.1) is 5.10 Å². The number of ether oxygens (including phenoxy) is 1. The van der Waals surface area contributed by atoms with Crippen molar-refractivity contribution >= 4 is 5.97 Å². The molecule has 106 valence electrons. The van der Waals surface area contributed by atoms with Gasteiger partial charge in [0.05, 0.1) is 12.1 Å². The Labute approximate surface area is 114 Å². The van der Waals surface area contributed by atoms with Crippen molar-refractivity contribution in [2.45, 2.75) is 19.6 Å². The summed E-state index contributed by atoms with van der Waals surface area (Å²) in [5.74, 6) is 0.100. The fraction of sp³-hybridized carbons (Fsp3) is 0.333. The van der Waals surface area contributed by atoms with E-state index in [1.54, 1.807) is 19.1 Å². The normalized spacial score (nSPS) is 12.1. The maximum absolute atomic E-state index is 10.7. The lowest BCUT2D eigenvalue weighted by atomic mass is 10.2. The van der Waals surface area contributed by atoms with Crippen LogP contribution in [0.4, 0.5) is 0 Å². The number of tetrazole rings is 1. The zero-order valence-electron chi connectivity index (χ0n) is 10.8. The van der Waals surface area contributed by atoms with Crippen LogP contribution in [0.3, 0.4) is 0 Å². The molecule has 0 saturated heterocycles. The average molecular weight is 278 g/mol. The van der Waals surface area contributed by atoms with Gasteiger partial charge in [-0.1, -0.05) is 0 Å². The van der Waals surface area contributed by atoms with Gasteiger partial charge in [-0.3, -0.25) is 0 Å². The van der Waals surface area contributed by atoms with Crippen molar-refractivity contribution in [3.63, 3.8) is 0 Å². The average Bonchev–Trinajstić information content (AvgIpc) is 2.82. The first kappa shape index (κ1) is 13.9. The number of benzene rings is 1. The first-order chi connectivity index (χ1) is 9.56. The number of carboxylic acid groups (broad SMARTS) is 1. The van der Waals surface area contributed by atoms with Crippen LogP contribution >= 0.6 is 0 Å². The first-order valence-corrected chi connectivity index (χ1v) is 5.93. The van der Waals surface area contributed by atoms with Crippen molar-refractivity contribution in [1.29, 1.82) is 0 Å². The number of aliphatic hydroxyl groups excluding tert-OH is 1. The zero-order chi connectivity index (χ0) is 14.5. The van der Waals surface area contributed by atoms with Gasteiger partial charge in [-0.25, -0.2) is 9.48 Å². The summed E-state index contributed by atoms with van der Waals surface area (Å²) in [4.78, 5) is 10.7. The van der Waals surface area contributed by atoms with E-state index in [0.29, 0.717) is 11.6 Å². The van der Waals surface area contributed by atoms with E-state index in [9.17, 15) is 9.90 Å². The number of hydrogen-bond acceptors (Lipinski definition) is 6. The number of carboxylic acids is 1. The molecule has 20 heavy (non-hydrogen) atoms. The minimum absolute atomic E-state index is 0.0612. The van der Waals surface area contributed by atoms with Crippen LogP contribution in [0, 0.1) is 6.92 Å². The topological polar surface area (TPSA) is 110 Å². The predicted octanol–water partition coefficient (Wildman–Crippen LogP) is 0.120. The van der Waals surface area contributed by atoms with Crippen molar-refractivity contribution in [1.82, 2.24) is 20.2 Å². The molecular weight excluding hydrogens is 264 g/mol. The Hall–Kier alpha value is -2.48. The number of nitrogens with zero attached hydrogens (tertiary/aromatic N) is 4. The van der Waals surface area contributed by atoms with Crippen LogP contribution in [0.5, 0.6) is 5.75 Å². The molecule has 1 aromatic carbocycles. The van der Waals surface area contributed by atoms with Crippen molar-refractivity contribution in [3.05, 3.63) is 35.7 Å². The molecule has 0 spiro atoms. The van der Waals surface area contributed by atoms with Crippen LogP contribution in [0.1, 0.15) is 16.2 Å². The monoisotopic (exact) mass is 278 g/mol. The van der Waals surface area contributed by atoms with Gasteiger partial charge in [0, 0.05) is 0 Å². The number of aliphatic hydroxyl groups is 1. The highest BCUT2D eigenvalue weighted by Gasteiger charge is 2.10. The third kappa shape index (κ3) is 3.51. The lowest BCUT2D eigenvalue weighted by Gasteiger charge is -2.12. The van der Waals surface area contributed by atoms with E-state index in [4.69, 9.17) is 9.84 Å². The van der Waals surface area contributed by atoms with Crippen LogP contribution in [-0.2, 0) is 6.54 Å².